The molecule has 0 rings (SSSR count). The molecule has 4 atom stereocenters. The van der Waals surface area contributed by atoms with E-state index in [4.69, 9.17) is 14.9 Å². The van der Waals surface area contributed by atoms with Gasteiger partial charge in [-0.1, -0.05) is 52.4 Å². The highest BCUT2D eigenvalue weighted by atomic mass is 16.5. The number of hydrogen-bond acceptors (Lipinski definition) is 5. The predicted molar refractivity (Wildman–Crippen MR) is 102 cm³/mol. The average molecular weight is 363 g/mol. The van der Waals surface area contributed by atoms with E-state index in [9.17, 15) is 10.2 Å². The molecule has 0 spiro atoms. The van der Waals surface area contributed by atoms with Gasteiger partial charge in [-0.3, -0.25) is 0 Å². The number of rotatable bonds is 18. The van der Waals surface area contributed by atoms with Gasteiger partial charge in [0.15, 0.2) is 0 Å². The maximum atomic E-state index is 9.66. The first-order chi connectivity index (χ1) is 12.1. The Balaban J connectivity index is 4.04. The molecule has 0 bridgehead atoms. The maximum absolute atomic E-state index is 9.66. The summed E-state index contributed by atoms with van der Waals surface area (Å²) in [4.78, 5) is 0. The van der Waals surface area contributed by atoms with Gasteiger partial charge in [0.2, 0.25) is 0 Å². The van der Waals surface area contributed by atoms with Crippen LogP contribution in [0.3, 0.4) is 0 Å². The van der Waals surface area contributed by atoms with E-state index in [1.807, 2.05) is 0 Å². The molecular weight excluding hydrogens is 320 g/mol. The molecule has 0 saturated carbocycles. The molecule has 0 aromatic rings. The van der Waals surface area contributed by atoms with Gasteiger partial charge in [0.1, 0.15) is 0 Å². The van der Waals surface area contributed by atoms with Crippen molar-refractivity contribution in [3.05, 3.63) is 0 Å². The van der Waals surface area contributed by atoms with E-state index >= 15 is 0 Å². The monoisotopic (exact) mass is 362 g/mol. The Labute approximate surface area is 154 Å². The summed E-state index contributed by atoms with van der Waals surface area (Å²) < 4.78 is 5.80. The number of aliphatic hydroxyl groups is 4. The standard InChI is InChI=1S/C20H42O5/c1-3-5-7-17(13-19(23)15-21)9-11-25-12-10-18(8-6-4-2)14-20(24)16-22/h17-24H,3-16H2,1-2H3. The molecule has 0 heterocycles. The lowest BCUT2D eigenvalue weighted by Crippen LogP contribution is -2.20. The fourth-order valence-electron chi connectivity index (χ4n) is 3.27. The SMILES string of the molecule is CCCCC(CCOCCC(CCCC)CC(O)CO)CC(O)CO. The molecule has 0 aliphatic carbocycles. The highest BCUT2D eigenvalue weighted by Gasteiger charge is 2.15. The predicted octanol–water partition coefficient (Wildman–Crippen LogP) is 2.88. The summed E-state index contributed by atoms with van der Waals surface area (Å²) in [6.45, 7) is 5.33. The van der Waals surface area contributed by atoms with Gasteiger partial charge in [-0.2, -0.15) is 0 Å². The zero-order chi connectivity index (χ0) is 18.9. The largest absolute Gasteiger partial charge is 0.394 e. The third-order valence-corrected chi connectivity index (χ3v) is 4.91. The van der Waals surface area contributed by atoms with Gasteiger partial charge in [0.25, 0.3) is 0 Å². The van der Waals surface area contributed by atoms with Crippen molar-refractivity contribution in [1.29, 1.82) is 0 Å². The van der Waals surface area contributed by atoms with Crippen LogP contribution in [0.25, 0.3) is 0 Å². The van der Waals surface area contributed by atoms with Gasteiger partial charge in [-0.05, 0) is 37.5 Å². The van der Waals surface area contributed by atoms with Crippen molar-refractivity contribution < 1.29 is 25.2 Å². The zero-order valence-electron chi connectivity index (χ0n) is 16.4. The molecule has 0 aliphatic rings. The second-order valence-corrected chi connectivity index (χ2v) is 7.35. The van der Waals surface area contributed by atoms with Crippen LogP contribution in [0.2, 0.25) is 0 Å². The number of hydrogen-bond donors (Lipinski definition) is 4. The van der Waals surface area contributed by atoms with Crippen LogP contribution in [0.15, 0.2) is 0 Å². The van der Waals surface area contributed by atoms with Crippen molar-refractivity contribution in [3.8, 4) is 0 Å². The Bertz CT molecular complexity index is 249. The third-order valence-electron chi connectivity index (χ3n) is 4.91. The Hall–Kier alpha value is -0.200. The van der Waals surface area contributed by atoms with E-state index < -0.39 is 12.2 Å². The highest BCUT2D eigenvalue weighted by Crippen LogP contribution is 2.21. The first-order valence-electron chi connectivity index (χ1n) is 10.2. The van der Waals surface area contributed by atoms with Crippen LogP contribution in [0, 0.1) is 11.8 Å². The minimum atomic E-state index is -0.625. The lowest BCUT2D eigenvalue weighted by Gasteiger charge is -2.21. The van der Waals surface area contributed by atoms with Gasteiger partial charge in [-0.15, -0.1) is 0 Å². The van der Waals surface area contributed by atoms with Crippen molar-refractivity contribution >= 4 is 0 Å². The van der Waals surface area contributed by atoms with Gasteiger partial charge in [0, 0.05) is 13.2 Å². The van der Waals surface area contributed by atoms with E-state index in [2.05, 4.69) is 13.8 Å². The molecule has 5 heteroatoms. The molecule has 0 aromatic heterocycles. The van der Waals surface area contributed by atoms with Gasteiger partial charge in [-0.25, -0.2) is 0 Å². The van der Waals surface area contributed by atoms with Crippen LogP contribution in [0.5, 0.6) is 0 Å². The Morgan fingerprint density at radius 3 is 1.40 bits per heavy atom. The quantitative estimate of drug-likeness (QED) is 0.282. The molecule has 4 unspecified atom stereocenters. The maximum Gasteiger partial charge on any atom is 0.0773 e. The van der Waals surface area contributed by atoms with Crippen molar-refractivity contribution in [1.82, 2.24) is 0 Å². The van der Waals surface area contributed by atoms with Gasteiger partial charge in [0.05, 0.1) is 25.4 Å². The summed E-state index contributed by atoms with van der Waals surface area (Å²) >= 11 is 0. The van der Waals surface area contributed by atoms with Crippen molar-refractivity contribution in [2.75, 3.05) is 26.4 Å². The van der Waals surface area contributed by atoms with Crippen LogP contribution in [-0.2, 0) is 4.74 Å². The molecule has 0 aromatic carbocycles. The second kappa shape index (κ2) is 17.2. The van der Waals surface area contributed by atoms with E-state index in [1.165, 1.54) is 0 Å². The Morgan fingerprint density at radius 1 is 0.680 bits per heavy atom. The molecule has 0 amide bonds. The minimum absolute atomic E-state index is 0.171. The highest BCUT2D eigenvalue weighted by molar-refractivity contribution is 4.67. The van der Waals surface area contributed by atoms with Gasteiger partial charge < -0.3 is 25.2 Å². The van der Waals surface area contributed by atoms with E-state index in [0.29, 0.717) is 37.9 Å². The smallest absolute Gasteiger partial charge is 0.0773 e. The topological polar surface area (TPSA) is 90.2 Å². The van der Waals surface area contributed by atoms with Gasteiger partial charge >= 0.3 is 0 Å². The first-order valence-corrected chi connectivity index (χ1v) is 10.2. The van der Waals surface area contributed by atoms with Crippen LogP contribution < -0.4 is 0 Å². The fourth-order valence-corrected chi connectivity index (χ4v) is 3.27. The van der Waals surface area contributed by atoms with Crippen molar-refractivity contribution in [2.24, 2.45) is 11.8 Å². The lowest BCUT2D eigenvalue weighted by atomic mass is 9.92. The fraction of sp³-hybridized carbons (Fsp3) is 1.00. The normalized spacial score (nSPS) is 16.6. The molecular formula is C20H42O5. The molecule has 0 aliphatic heterocycles. The minimum Gasteiger partial charge on any atom is -0.394 e. The van der Waals surface area contributed by atoms with Crippen LogP contribution in [0.4, 0.5) is 0 Å². The summed E-state index contributed by atoms with van der Waals surface area (Å²) in [7, 11) is 0. The summed E-state index contributed by atoms with van der Waals surface area (Å²) in [6.07, 6.45) is 8.55. The molecule has 0 radical (unpaired) electrons. The van der Waals surface area contributed by atoms with E-state index in [1.54, 1.807) is 0 Å². The van der Waals surface area contributed by atoms with Crippen LogP contribution in [-0.4, -0.2) is 59.1 Å². The molecule has 152 valence electrons. The number of aliphatic hydroxyl groups excluding tert-OH is 4. The van der Waals surface area contributed by atoms with E-state index in [0.717, 1.165) is 51.4 Å². The number of ether oxygens (including phenoxy) is 1. The van der Waals surface area contributed by atoms with Crippen molar-refractivity contribution in [2.45, 2.75) is 90.3 Å². The molecule has 4 N–H and O–H groups in total. The Morgan fingerprint density at radius 2 is 1.08 bits per heavy atom. The lowest BCUT2D eigenvalue weighted by molar-refractivity contribution is 0.0499. The Kier molecular flexibility index (Phi) is 17.1. The molecule has 0 saturated heterocycles. The third kappa shape index (κ3) is 14.6. The molecule has 0 fully saturated rings. The summed E-state index contributed by atoms with van der Waals surface area (Å²) in [5, 5.41) is 37.4. The average Bonchev–Trinajstić information content (AvgIpc) is 2.62. The summed E-state index contributed by atoms with van der Waals surface area (Å²) in [5.41, 5.74) is 0. The van der Waals surface area contributed by atoms with E-state index in [-0.39, 0.29) is 13.2 Å². The molecule has 5 nitrogen and oxygen atoms in total. The molecule has 25 heavy (non-hydrogen) atoms. The second-order valence-electron chi connectivity index (χ2n) is 7.35. The van der Waals surface area contributed by atoms with Crippen molar-refractivity contribution in [3.63, 3.8) is 0 Å². The number of unbranched alkanes of at least 4 members (excludes halogenated alkanes) is 2. The first kappa shape index (κ1) is 24.8. The summed E-state index contributed by atoms with van der Waals surface area (Å²) in [6, 6.07) is 0. The summed E-state index contributed by atoms with van der Waals surface area (Å²) in [5.74, 6) is 0.795. The van der Waals surface area contributed by atoms with Crippen LogP contribution >= 0.6 is 0 Å². The zero-order valence-corrected chi connectivity index (χ0v) is 16.4. The van der Waals surface area contributed by atoms with Crippen LogP contribution in [0.1, 0.15) is 78.1 Å².